The number of carbonyl (C=O) groups excluding carboxylic acids is 1. The lowest BCUT2D eigenvalue weighted by molar-refractivity contribution is -0.151. The lowest BCUT2D eigenvalue weighted by atomic mass is 10.0. The first kappa shape index (κ1) is 18.0. The van der Waals surface area contributed by atoms with Crippen LogP contribution in [0, 0.1) is 0 Å². The van der Waals surface area contributed by atoms with Gasteiger partial charge in [0.15, 0.2) is 0 Å². The molecule has 1 aliphatic heterocycles. The summed E-state index contributed by atoms with van der Waals surface area (Å²) in [7, 11) is -1.34. The van der Waals surface area contributed by atoms with E-state index in [1.807, 2.05) is 0 Å². The Bertz CT molecular complexity index is 648. The van der Waals surface area contributed by atoms with Crippen LogP contribution in [0.4, 0.5) is 0 Å². The summed E-state index contributed by atoms with van der Waals surface area (Å²) in [5.74, 6) is -0.322. The molecule has 0 spiro atoms. The van der Waals surface area contributed by atoms with Crippen molar-refractivity contribution in [2.24, 2.45) is 0 Å². The monoisotopic (exact) mass is 360 g/mol. The largest absolute Gasteiger partial charge is 0.498 e. The number of hydrogen-bond acceptors (Lipinski definition) is 6. The number of rotatable bonds is 6. The van der Waals surface area contributed by atoms with Gasteiger partial charge in [-0.3, -0.25) is 4.57 Å². The highest BCUT2D eigenvalue weighted by Crippen LogP contribution is 2.67. The average Bonchev–Trinajstić information content (AvgIpc) is 2.54. The van der Waals surface area contributed by atoms with Crippen LogP contribution in [0.3, 0.4) is 0 Å². The van der Waals surface area contributed by atoms with Crippen LogP contribution in [-0.4, -0.2) is 26.8 Å². The minimum absolute atomic E-state index is 0.0349. The molecule has 2 rings (SSSR count). The maximum Gasteiger partial charge on any atom is 0.378 e. The molecule has 6 nitrogen and oxygen atoms in total. The highest BCUT2D eigenvalue weighted by atomic mass is 35.5. The standard InChI is InChI=1S/C15H18ClO6P/c1-4-21-13-9-14(17)22-15(10-13,23(18,19-2)20-3)11-5-7-12(16)8-6-11/h5-9H,4,10H2,1-3H3. The zero-order valence-electron chi connectivity index (χ0n) is 13.1. The molecule has 0 aromatic heterocycles. The minimum atomic E-state index is -3.83. The van der Waals surface area contributed by atoms with E-state index >= 15 is 0 Å². The van der Waals surface area contributed by atoms with Crippen molar-refractivity contribution in [3.05, 3.63) is 46.7 Å². The second kappa shape index (κ2) is 7.05. The van der Waals surface area contributed by atoms with Gasteiger partial charge < -0.3 is 18.5 Å². The van der Waals surface area contributed by atoms with Gasteiger partial charge in [-0.1, -0.05) is 23.7 Å². The summed E-state index contributed by atoms with van der Waals surface area (Å²) >= 11 is 5.91. The third kappa shape index (κ3) is 3.31. The normalized spacial score (nSPS) is 21.6. The number of halogens is 1. The number of ether oxygens (including phenoxy) is 2. The van der Waals surface area contributed by atoms with E-state index in [1.54, 1.807) is 31.2 Å². The zero-order chi connectivity index (χ0) is 17.1. The Kier molecular flexibility index (Phi) is 5.53. The third-order valence-corrected chi connectivity index (χ3v) is 6.12. The van der Waals surface area contributed by atoms with Crippen molar-refractivity contribution in [2.75, 3.05) is 20.8 Å². The van der Waals surface area contributed by atoms with Crippen molar-refractivity contribution in [3.8, 4) is 0 Å². The van der Waals surface area contributed by atoms with E-state index < -0.39 is 18.9 Å². The molecular formula is C15H18ClO6P. The number of hydrogen-bond donors (Lipinski definition) is 0. The predicted octanol–water partition coefficient (Wildman–Crippen LogP) is 3.85. The summed E-state index contributed by atoms with van der Waals surface area (Å²) in [6.07, 6.45) is 1.26. The van der Waals surface area contributed by atoms with Gasteiger partial charge in [0.1, 0.15) is 5.76 Å². The molecule has 1 atom stereocenters. The summed E-state index contributed by atoms with van der Waals surface area (Å²) in [4.78, 5) is 12.0. The highest BCUT2D eigenvalue weighted by molar-refractivity contribution is 7.55. The second-order valence-corrected chi connectivity index (χ2v) is 7.68. The molecule has 0 N–H and O–H groups in total. The molecule has 8 heteroatoms. The molecule has 1 aliphatic rings. The Labute approximate surface area is 139 Å². The van der Waals surface area contributed by atoms with Crippen LogP contribution in [0.5, 0.6) is 0 Å². The SMILES string of the molecule is CCOC1=CC(=O)OC(c2ccc(Cl)cc2)(P(=O)(OC)OC)C1. The summed E-state index contributed by atoms with van der Waals surface area (Å²) < 4.78 is 34.3. The Morgan fingerprint density at radius 3 is 2.39 bits per heavy atom. The van der Waals surface area contributed by atoms with E-state index in [4.69, 9.17) is 30.1 Å². The van der Waals surface area contributed by atoms with Gasteiger partial charge in [-0.2, -0.15) is 0 Å². The Hall–Kier alpha value is -1.33. The molecule has 0 amide bonds. The van der Waals surface area contributed by atoms with Crippen molar-refractivity contribution in [1.29, 1.82) is 0 Å². The van der Waals surface area contributed by atoms with Crippen LogP contribution < -0.4 is 0 Å². The fourth-order valence-electron chi connectivity index (χ4n) is 2.48. The lowest BCUT2D eigenvalue weighted by Gasteiger charge is -2.39. The molecule has 0 saturated heterocycles. The molecular weight excluding hydrogens is 343 g/mol. The van der Waals surface area contributed by atoms with E-state index in [1.165, 1.54) is 20.3 Å². The van der Waals surface area contributed by atoms with Gasteiger partial charge >= 0.3 is 13.6 Å². The van der Waals surface area contributed by atoms with Crippen molar-refractivity contribution in [1.82, 2.24) is 0 Å². The number of carbonyl (C=O) groups is 1. The van der Waals surface area contributed by atoms with Crippen LogP contribution in [0.1, 0.15) is 18.9 Å². The molecule has 126 valence electrons. The number of cyclic esters (lactones) is 1. The predicted molar refractivity (Wildman–Crippen MR) is 85.2 cm³/mol. The maximum atomic E-state index is 13.2. The molecule has 1 unspecified atom stereocenters. The molecule has 0 saturated carbocycles. The van der Waals surface area contributed by atoms with Crippen LogP contribution in [0.2, 0.25) is 5.02 Å². The first-order valence-electron chi connectivity index (χ1n) is 6.94. The van der Waals surface area contributed by atoms with Crippen LogP contribution in [0.25, 0.3) is 0 Å². The van der Waals surface area contributed by atoms with E-state index in [-0.39, 0.29) is 6.42 Å². The first-order valence-corrected chi connectivity index (χ1v) is 8.87. The van der Waals surface area contributed by atoms with E-state index in [0.717, 1.165) is 0 Å². The molecule has 1 heterocycles. The topological polar surface area (TPSA) is 71.1 Å². The van der Waals surface area contributed by atoms with Crippen LogP contribution in [0.15, 0.2) is 36.1 Å². The molecule has 0 bridgehead atoms. The number of esters is 1. The van der Waals surface area contributed by atoms with Crippen molar-refractivity contribution in [2.45, 2.75) is 18.7 Å². The van der Waals surface area contributed by atoms with E-state index in [9.17, 15) is 9.36 Å². The quantitative estimate of drug-likeness (QED) is 0.567. The summed E-state index contributed by atoms with van der Waals surface area (Å²) in [5.41, 5.74) is 0.451. The van der Waals surface area contributed by atoms with Gasteiger partial charge in [-0.05, 0) is 19.1 Å². The zero-order valence-corrected chi connectivity index (χ0v) is 14.7. The fourth-order valence-corrected chi connectivity index (χ4v) is 4.36. The van der Waals surface area contributed by atoms with E-state index in [0.29, 0.717) is 23.0 Å². The molecule has 0 radical (unpaired) electrons. The molecule has 1 aromatic carbocycles. The average molecular weight is 361 g/mol. The summed E-state index contributed by atoms with van der Waals surface area (Å²) in [6.45, 7) is 2.15. The first-order chi connectivity index (χ1) is 10.9. The van der Waals surface area contributed by atoms with Gasteiger partial charge in [0.25, 0.3) is 0 Å². The van der Waals surface area contributed by atoms with Gasteiger partial charge in [0, 0.05) is 24.8 Å². The minimum Gasteiger partial charge on any atom is -0.498 e. The Morgan fingerprint density at radius 2 is 1.87 bits per heavy atom. The lowest BCUT2D eigenvalue weighted by Crippen LogP contribution is -2.37. The second-order valence-electron chi connectivity index (χ2n) is 4.80. The summed E-state index contributed by atoms with van der Waals surface area (Å²) in [6, 6.07) is 6.46. The van der Waals surface area contributed by atoms with Gasteiger partial charge in [0.2, 0.25) is 5.34 Å². The third-order valence-electron chi connectivity index (χ3n) is 3.51. The van der Waals surface area contributed by atoms with Crippen molar-refractivity contribution in [3.63, 3.8) is 0 Å². The van der Waals surface area contributed by atoms with E-state index in [2.05, 4.69) is 0 Å². The maximum absolute atomic E-state index is 13.2. The Morgan fingerprint density at radius 1 is 1.26 bits per heavy atom. The smallest absolute Gasteiger partial charge is 0.378 e. The molecule has 23 heavy (non-hydrogen) atoms. The van der Waals surface area contributed by atoms with Crippen LogP contribution >= 0.6 is 19.2 Å². The van der Waals surface area contributed by atoms with Gasteiger partial charge in [0.05, 0.1) is 19.1 Å². The van der Waals surface area contributed by atoms with Gasteiger partial charge in [-0.25, -0.2) is 4.79 Å². The van der Waals surface area contributed by atoms with Crippen LogP contribution in [-0.2, 0) is 33.2 Å². The highest BCUT2D eigenvalue weighted by Gasteiger charge is 2.57. The Balaban J connectivity index is 2.62. The van der Waals surface area contributed by atoms with Gasteiger partial charge in [-0.15, -0.1) is 0 Å². The fraction of sp³-hybridized carbons (Fsp3) is 0.400. The van der Waals surface area contributed by atoms with Crippen molar-refractivity contribution < 1.29 is 27.9 Å². The number of benzene rings is 1. The molecule has 1 aromatic rings. The molecule has 0 fully saturated rings. The molecule has 0 aliphatic carbocycles. The summed E-state index contributed by atoms with van der Waals surface area (Å²) in [5, 5.41) is -1.13. The van der Waals surface area contributed by atoms with Crippen molar-refractivity contribution >= 4 is 25.2 Å².